The van der Waals surface area contributed by atoms with Crippen molar-refractivity contribution in [2.45, 2.75) is 25.3 Å². The summed E-state index contributed by atoms with van der Waals surface area (Å²) in [7, 11) is 0. The molecule has 0 aliphatic rings. The van der Waals surface area contributed by atoms with Gasteiger partial charge in [0.1, 0.15) is 12.3 Å². The van der Waals surface area contributed by atoms with Gasteiger partial charge in [0, 0.05) is 6.42 Å². The third kappa shape index (κ3) is 4.46. The monoisotopic (exact) mass is 161 g/mol. The van der Waals surface area contributed by atoms with Gasteiger partial charge in [-0.05, 0) is 12.8 Å². The topological polar surface area (TPSA) is 89.6 Å². The van der Waals surface area contributed by atoms with E-state index in [1.807, 2.05) is 0 Å². The number of hydrogen-bond donors (Lipinski definition) is 2. The van der Waals surface area contributed by atoms with Crippen molar-refractivity contribution in [1.82, 2.24) is 0 Å². The number of carbonyl (C=O) groups excluding carboxylic acids is 2. The summed E-state index contributed by atoms with van der Waals surface area (Å²) < 4.78 is 0. The Kier molecular flexibility index (Phi) is 5.32. The number of carbonyl (C=O) groups is 2. The minimum atomic E-state index is -0.865. The maximum atomic E-state index is 10.4. The molecular weight excluding hydrogens is 150 g/mol. The van der Waals surface area contributed by atoms with Crippen molar-refractivity contribution in [2.75, 3.05) is 0 Å². The molecule has 0 heterocycles. The Balaban J connectivity index is 3.43. The molecule has 5 nitrogen and oxygen atoms in total. The van der Waals surface area contributed by atoms with Gasteiger partial charge in [-0.15, -0.1) is 0 Å². The van der Waals surface area contributed by atoms with E-state index in [2.05, 4.69) is 4.89 Å². The van der Waals surface area contributed by atoms with Crippen LogP contribution in [0.25, 0.3) is 0 Å². The van der Waals surface area contributed by atoms with Gasteiger partial charge in [0.15, 0.2) is 0 Å². The zero-order valence-corrected chi connectivity index (χ0v) is 6.03. The van der Waals surface area contributed by atoms with Crippen molar-refractivity contribution in [2.24, 2.45) is 5.73 Å². The summed E-state index contributed by atoms with van der Waals surface area (Å²) in [6, 6.07) is -0.833. The van der Waals surface area contributed by atoms with Gasteiger partial charge in [-0.1, -0.05) is 0 Å². The fourth-order valence-electron chi connectivity index (χ4n) is 0.607. The highest BCUT2D eigenvalue weighted by atomic mass is 17.1. The van der Waals surface area contributed by atoms with Crippen LogP contribution in [-0.2, 0) is 14.5 Å². The van der Waals surface area contributed by atoms with Gasteiger partial charge in [-0.3, -0.25) is 4.89 Å². The molecule has 0 saturated heterocycles. The standard InChI is InChI=1S/C6H11NO4/c7-5(6(9)11-10)3-1-2-4-8/h4-5,10H,1-3,7H2. The van der Waals surface area contributed by atoms with Crippen molar-refractivity contribution < 1.29 is 19.7 Å². The molecule has 0 aliphatic heterocycles. The highest BCUT2D eigenvalue weighted by Crippen LogP contribution is 1.97. The number of hydrogen-bond acceptors (Lipinski definition) is 5. The molecule has 64 valence electrons. The van der Waals surface area contributed by atoms with E-state index in [9.17, 15) is 9.59 Å². The summed E-state index contributed by atoms with van der Waals surface area (Å²) >= 11 is 0. The number of unbranched alkanes of at least 4 members (excludes halogenated alkanes) is 1. The summed E-state index contributed by atoms with van der Waals surface area (Å²) in [6.45, 7) is 0. The normalized spacial score (nSPS) is 12.2. The maximum absolute atomic E-state index is 10.4. The highest BCUT2D eigenvalue weighted by Gasteiger charge is 2.13. The van der Waals surface area contributed by atoms with E-state index in [-0.39, 0.29) is 0 Å². The van der Waals surface area contributed by atoms with Crippen LogP contribution in [0.3, 0.4) is 0 Å². The van der Waals surface area contributed by atoms with E-state index in [0.29, 0.717) is 19.3 Å². The van der Waals surface area contributed by atoms with Crippen LogP contribution in [0.15, 0.2) is 0 Å². The van der Waals surface area contributed by atoms with Gasteiger partial charge < -0.3 is 10.5 Å². The first-order chi connectivity index (χ1) is 5.22. The molecule has 0 aliphatic carbocycles. The summed E-state index contributed by atoms with van der Waals surface area (Å²) in [5.41, 5.74) is 5.22. The van der Waals surface area contributed by atoms with Gasteiger partial charge >= 0.3 is 5.97 Å². The summed E-state index contributed by atoms with van der Waals surface area (Å²) in [5, 5.41) is 7.86. The molecular formula is C6H11NO4. The summed E-state index contributed by atoms with van der Waals surface area (Å²) in [6.07, 6.45) is 1.99. The average Bonchev–Trinajstić information content (AvgIpc) is 2.03. The van der Waals surface area contributed by atoms with E-state index >= 15 is 0 Å². The van der Waals surface area contributed by atoms with Gasteiger partial charge in [-0.2, -0.15) is 5.26 Å². The zero-order chi connectivity index (χ0) is 8.69. The molecule has 0 bridgehead atoms. The maximum Gasteiger partial charge on any atom is 0.358 e. The van der Waals surface area contributed by atoms with E-state index in [0.717, 1.165) is 6.29 Å². The van der Waals surface area contributed by atoms with Crippen LogP contribution in [0.2, 0.25) is 0 Å². The fraction of sp³-hybridized carbons (Fsp3) is 0.667. The molecule has 0 aromatic rings. The predicted octanol–water partition coefficient (Wildman–Crippen LogP) is -0.301. The smallest absolute Gasteiger partial charge is 0.318 e. The van der Waals surface area contributed by atoms with Crippen molar-refractivity contribution in [3.05, 3.63) is 0 Å². The first kappa shape index (κ1) is 10.1. The second-order valence-corrected chi connectivity index (χ2v) is 2.11. The van der Waals surface area contributed by atoms with Crippen LogP contribution in [0.5, 0.6) is 0 Å². The number of rotatable bonds is 5. The van der Waals surface area contributed by atoms with Crippen molar-refractivity contribution in [3.63, 3.8) is 0 Å². The van der Waals surface area contributed by atoms with Crippen LogP contribution in [0.4, 0.5) is 0 Å². The number of nitrogens with two attached hydrogens (primary N) is 1. The summed E-state index contributed by atoms with van der Waals surface area (Å²) in [5.74, 6) is -0.865. The average molecular weight is 161 g/mol. The third-order valence-electron chi connectivity index (χ3n) is 1.23. The van der Waals surface area contributed by atoms with Crippen molar-refractivity contribution >= 4 is 12.3 Å². The first-order valence-corrected chi connectivity index (χ1v) is 3.27. The molecule has 0 amide bonds. The van der Waals surface area contributed by atoms with Crippen LogP contribution in [0.1, 0.15) is 19.3 Å². The Hall–Kier alpha value is -0.940. The Morgan fingerprint density at radius 2 is 2.36 bits per heavy atom. The lowest BCUT2D eigenvalue weighted by Crippen LogP contribution is -2.31. The fourth-order valence-corrected chi connectivity index (χ4v) is 0.607. The van der Waals surface area contributed by atoms with Crippen LogP contribution in [0, 0.1) is 0 Å². The van der Waals surface area contributed by atoms with E-state index < -0.39 is 12.0 Å². The minimum absolute atomic E-state index is 0.345. The lowest BCUT2D eigenvalue weighted by molar-refractivity contribution is -0.235. The van der Waals surface area contributed by atoms with Gasteiger partial charge in [-0.25, -0.2) is 4.79 Å². The second-order valence-electron chi connectivity index (χ2n) is 2.11. The Labute approximate surface area is 64.1 Å². The Bertz CT molecular complexity index is 137. The van der Waals surface area contributed by atoms with Crippen LogP contribution in [-0.4, -0.2) is 23.6 Å². The van der Waals surface area contributed by atoms with E-state index in [4.69, 9.17) is 11.0 Å². The van der Waals surface area contributed by atoms with Gasteiger partial charge in [0.25, 0.3) is 0 Å². The van der Waals surface area contributed by atoms with Gasteiger partial charge in [0.2, 0.25) is 0 Å². The molecule has 3 N–H and O–H groups in total. The number of aldehydes is 1. The first-order valence-electron chi connectivity index (χ1n) is 3.27. The predicted molar refractivity (Wildman–Crippen MR) is 36.6 cm³/mol. The Morgan fingerprint density at radius 3 is 2.82 bits per heavy atom. The molecule has 11 heavy (non-hydrogen) atoms. The van der Waals surface area contributed by atoms with E-state index in [1.54, 1.807) is 0 Å². The largest absolute Gasteiger partial charge is 0.358 e. The molecule has 0 rings (SSSR count). The lowest BCUT2D eigenvalue weighted by atomic mass is 10.1. The van der Waals surface area contributed by atoms with E-state index in [1.165, 1.54) is 0 Å². The van der Waals surface area contributed by atoms with Gasteiger partial charge in [0.05, 0.1) is 0 Å². The SMILES string of the molecule is NC(CCCC=O)C(=O)OO. The van der Waals surface area contributed by atoms with Crippen molar-refractivity contribution in [3.8, 4) is 0 Å². The quantitative estimate of drug-likeness (QED) is 0.250. The molecule has 0 aromatic carbocycles. The molecule has 0 fully saturated rings. The van der Waals surface area contributed by atoms with Crippen LogP contribution >= 0.6 is 0 Å². The molecule has 0 spiro atoms. The molecule has 5 heteroatoms. The molecule has 1 atom stereocenters. The lowest BCUT2D eigenvalue weighted by Gasteiger charge is -2.04. The molecule has 0 aromatic heterocycles. The Morgan fingerprint density at radius 1 is 1.73 bits per heavy atom. The van der Waals surface area contributed by atoms with Crippen LogP contribution < -0.4 is 5.73 Å². The minimum Gasteiger partial charge on any atom is -0.318 e. The second kappa shape index (κ2) is 5.82. The van der Waals surface area contributed by atoms with Crippen molar-refractivity contribution in [1.29, 1.82) is 0 Å². The zero-order valence-electron chi connectivity index (χ0n) is 6.03. The molecule has 0 saturated carbocycles. The molecule has 1 unspecified atom stereocenters. The molecule has 0 radical (unpaired) electrons. The summed E-state index contributed by atoms with van der Waals surface area (Å²) in [4.78, 5) is 23.6. The third-order valence-corrected chi connectivity index (χ3v) is 1.23. The highest BCUT2D eigenvalue weighted by molar-refractivity contribution is 5.74.